The molecule has 0 atom stereocenters. The number of alkyl halides is 3. The Kier molecular flexibility index (Phi) is 3.56. The Balaban J connectivity index is 3.53. The minimum absolute atomic E-state index is 0.0930. The summed E-state index contributed by atoms with van der Waals surface area (Å²) in [4.78, 5) is 21.4. The van der Waals surface area contributed by atoms with Gasteiger partial charge >= 0.3 is 6.18 Å². The fraction of sp³-hybridized carbons (Fsp3) is 0.111. The Hall–Kier alpha value is -1.12. The molecule has 0 aliphatic carbocycles. The highest BCUT2D eigenvalue weighted by Gasteiger charge is 2.34. The molecule has 0 saturated heterocycles. The van der Waals surface area contributed by atoms with Gasteiger partial charge in [0.25, 0.3) is 0 Å². The molecule has 1 amide bonds. The smallest absolute Gasteiger partial charge is 0.366 e. The second kappa shape index (κ2) is 4.40. The van der Waals surface area contributed by atoms with Crippen LogP contribution in [0.3, 0.4) is 0 Å². The van der Waals surface area contributed by atoms with Crippen LogP contribution in [0.25, 0.3) is 0 Å². The zero-order valence-electron chi connectivity index (χ0n) is 7.64. The predicted octanol–water partition coefficient (Wildman–Crippen LogP) is 2.22. The molecule has 0 aliphatic heterocycles. The lowest BCUT2D eigenvalue weighted by atomic mass is 10.0. The fourth-order valence-corrected chi connectivity index (χ4v) is 1.88. The molecule has 0 radical (unpaired) electrons. The Labute approximate surface area is 102 Å². The van der Waals surface area contributed by atoms with E-state index in [1.165, 1.54) is 0 Å². The molecule has 0 spiro atoms. The van der Waals surface area contributed by atoms with Crippen molar-refractivity contribution in [2.75, 3.05) is 0 Å². The number of aldehydes is 1. The molecule has 2 N–H and O–H groups in total. The van der Waals surface area contributed by atoms with Gasteiger partial charge in [-0.25, -0.2) is 0 Å². The third-order valence-corrected chi connectivity index (χ3v) is 2.73. The molecule has 0 fully saturated rings. The number of halogens is 4. The number of carbonyl (C=O) groups is 2. The van der Waals surface area contributed by atoms with Crippen LogP contribution in [-0.4, -0.2) is 12.2 Å². The van der Waals surface area contributed by atoms with Gasteiger partial charge in [0.2, 0.25) is 5.91 Å². The molecule has 0 bridgehead atoms. The number of carbonyl (C=O) groups excluding carboxylic acids is 2. The molecule has 86 valence electrons. The van der Waals surface area contributed by atoms with Gasteiger partial charge in [-0.1, -0.05) is 0 Å². The first-order valence-electron chi connectivity index (χ1n) is 3.93. The third-order valence-electron chi connectivity index (χ3n) is 1.84. The van der Waals surface area contributed by atoms with E-state index in [-0.39, 0.29) is 15.4 Å². The standard InChI is InChI=1S/C9H5F3INO2/c10-9(11,12)6-2-5(8(14)16)7(13)1-4(6)3-15/h1-3H,(H2,14,16). The predicted molar refractivity (Wildman–Crippen MR) is 58.1 cm³/mol. The highest BCUT2D eigenvalue weighted by atomic mass is 127. The van der Waals surface area contributed by atoms with E-state index in [9.17, 15) is 22.8 Å². The second-order valence-electron chi connectivity index (χ2n) is 2.90. The van der Waals surface area contributed by atoms with E-state index in [1.807, 2.05) is 0 Å². The molecule has 0 aliphatic rings. The molecule has 7 heteroatoms. The van der Waals surface area contributed by atoms with Crippen LogP contribution in [0.5, 0.6) is 0 Å². The minimum Gasteiger partial charge on any atom is -0.366 e. The summed E-state index contributed by atoms with van der Waals surface area (Å²) in [5, 5.41) is 0. The summed E-state index contributed by atoms with van der Waals surface area (Å²) in [5.41, 5.74) is 3.00. The zero-order valence-corrected chi connectivity index (χ0v) is 9.80. The molecule has 3 nitrogen and oxygen atoms in total. The van der Waals surface area contributed by atoms with E-state index < -0.39 is 23.2 Å². The van der Waals surface area contributed by atoms with Crippen molar-refractivity contribution < 1.29 is 22.8 Å². The molecular weight excluding hydrogens is 338 g/mol. The number of hydrogen-bond acceptors (Lipinski definition) is 2. The largest absolute Gasteiger partial charge is 0.417 e. The maximum absolute atomic E-state index is 12.5. The van der Waals surface area contributed by atoms with E-state index in [4.69, 9.17) is 5.73 Å². The van der Waals surface area contributed by atoms with Crippen LogP contribution in [0, 0.1) is 3.57 Å². The van der Waals surface area contributed by atoms with Crippen molar-refractivity contribution in [3.05, 3.63) is 32.4 Å². The van der Waals surface area contributed by atoms with Gasteiger partial charge in [0, 0.05) is 9.13 Å². The molecule has 1 rings (SSSR count). The van der Waals surface area contributed by atoms with Crippen molar-refractivity contribution in [3.63, 3.8) is 0 Å². The zero-order chi connectivity index (χ0) is 12.5. The third kappa shape index (κ3) is 2.52. The Bertz CT molecular complexity index is 457. The number of primary amides is 1. The molecule has 0 heterocycles. The maximum Gasteiger partial charge on any atom is 0.417 e. The van der Waals surface area contributed by atoms with E-state index in [2.05, 4.69) is 0 Å². The lowest BCUT2D eigenvalue weighted by molar-refractivity contribution is -0.137. The van der Waals surface area contributed by atoms with Gasteiger partial charge in [-0.15, -0.1) is 0 Å². The molecule has 0 aromatic heterocycles. The van der Waals surface area contributed by atoms with Crippen molar-refractivity contribution >= 4 is 34.8 Å². The first-order valence-corrected chi connectivity index (χ1v) is 5.01. The Morgan fingerprint density at radius 1 is 1.38 bits per heavy atom. The summed E-state index contributed by atoms with van der Waals surface area (Å²) in [7, 11) is 0. The summed E-state index contributed by atoms with van der Waals surface area (Å²) < 4.78 is 37.7. The minimum atomic E-state index is -4.69. The summed E-state index contributed by atoms with van der Waals surface area (Å²) in [5.74, 6) is -0.965. The van der Waals surface area contributed by atoms with Crippen LogP contribution in [-0.2, 0) is 6.18 Å². The highest BCUT2D eigenvalue weighted by Crippen LogP contribution is 2.33. The van der Waals surface area contributed by atoms with Gasteiger partial charge < -0.3 is 5.73 Å². The van der Waals surface area contributed by atoms with Crippen molar-refractivity contribution in [1.82, 2.24) is 0 Å². The van der Waals surface area contributed by atoms with Gasteiger partial charge in [0.15, 0.2) is 6.29 Å². The number of hydrogen-bond donors (Lipinski definition) is 1. The van der Waals surface area contributed by atoms with Crippen molar-refractivity contribution in [1.29, 1.82) is 0 Å². The average molecular weight is 343 g/mol. The van der Waals surface area contributed by atoms with Crippen LogP contribution in [0.4, 0.5) is 13.2 Å². The summed E-state index contributed by atoms with van der Waals surface area (Å²) in [6.07, 6.45) is -4.60. The van der Waals surface area contributed by atoms with Crippen LogP contribution < -0.4 is 5.73 Å². The Morgan fingerprint density at radius 2 is 1.94 bits per heavy atom. The molecule has 16 heavy (non-hydrogen) atoms. The molecular formula is C9H5F3INO2. The molecule has 0 saturated carbocycles. The van der Waals surface area contributed by atoms with Crippen molar-refractivity contribution in [3.8, 4) is 0 Å². The fourth-order valence-electron chi connectivity index (χ4n) is 1.12. The Morgan fingerprint density at radius 3 is 2.31 bits per heavy atom. The first kappa shape index (κ1) is 12.9. The topological polar surface area (TPSA) is 60.2 Å². The number of amides is 1. The second-order valence-corrected chi connectivity index (χ2v) is 4.06. The summed E-state index contributed by atoms with van der Waals surface area (Å²) in [6, 6.07) is 1.57. The molecule has 1 aromatic carbocycles. The number of nitrogens with two attached hydrogens (primary N) is 1. The lowest BCUT2D eigenvalue weighted by Crippen LogP contribution is -2.17. The highest BCUT2D eigenvalue weighted by molar-refractivity contribution is 14.1. The number of rotatable bonds is 2. The molecule has 0 unspecified atom stereocenters. The van der Waals surface area contributed by atoms with Gasteiger partial charge in [-0.2, -0.15) is 13.2 Å². The van der Waals surface area contributed by atoms with Crippen LogP contribution in [0.2, 0.25) is 0 Å². The van der Waals surface area contributed by atoms with Crippen LogP contribution in [0.15, 0.2) is 12.1 Å². The van der Waals surface area contributed by atoms with E-state index in [0.29, 0.717) is 6.07 Å². The van der Waals surface area contributed by atoms with Gasteiger partial charge in [-0.05, 0) is 34.7 Å². The van der Waals surface area contributed by atoms with Gasteiger partial charge in [0.05, 0.1) is 11.1 Å². The van der Waals surface area contributed by atoms with Crippen LogP contribution in [0.1, 0.15) is 26.3 Å². The van der Waals surface area contributed by atoms with E-state index in [0.717, 1.165) is 6.07 Å². The normalized spacial score (nSPS) is 11.2. The van der Waals surface area contributed by atoms with Crippen molar-refractivity contribution in [2.45, 2.75) is 6.18 Å². The first-order chi connectivity index (χ1) is 7.27. The molecule has 1 aromatic rings. The van der Waals surface area contributed by atoms with E-state index in [1.54, 1.807) is 22.6 Å². The lowest BCUT2D eigenvalue weighted by Gasteiger charge is -2.11. The van der Waals surface area contributed by atoms with Gasteiger partial charge in [-0.3, -0.25) is 9.59 Å². The average Bonchev–Trinajstić information content (AvgIpc) is 2.14. The monoisotopic (exact) mass is 343 g/mol. The van der Waals surface area contributed by atoms with Crippen LogP contribution >= 0.6 is 22.6 Å². The summed E-state index contributed by atoms with van der Waals surface area (Å²) >= 11 is 1.64. The quantitative estimate of drug-likeness (QED) is 0.661. The van der Waals surface area contributed by atoms with Gasteiger partial charge in [0.1, 0.15) is 0 Å². The number of benzene rings is 1. The van der Waals surface area contributed by atoms with E-state index >= 15 is 0 Å². The maximum atomic E-state index is 12.5. The SMILES string of the molecule is NC(=O)c1cc(C(F)(F)F)c(C=O)cc1I. The van der Waals surface area contributed by atoms with Crippen molar-refractivity contribution in [2.24, 2.45) is 5.73 Å². The summed E-state index contributed by atoms with van der Waals surface area (Å²) in [6.45, 7) is 0.